The second kappa shape index (κ2) is 5.80. The van der Waals surface area contributed by atoms with Crippen LogP contribution in [-0.2, 0) is 13.2 Å². The van der Waals surface area contributed by atoms with Crippen LogP contribution in [-0.4, -0.2) is 0 Å². The maximum atomic E-state index is 13.1. The molecule has 0 unspecified atom stereocenters. The van der Waals surface area contributed by atoms with Crippen LogP contribution in [0.1, 0.15) is 16.7 Å². The Kier molecular flexibility index (Phi) is 4.12. The summed E-state index contributed by atoms with van der Waals surface area (Å²) in [5.74, 6) is -0.00913. The number of hydrogen-bond acceptors (Lipinski definition) is 2. The van der Waals surface area contributed by atoms with Crippen LogP contribution >= 0.6 is 0 Å². The van der Waals surface area contributed by atoms with Crippen LogP contribution in [0, 0.1) is 18.6 Å². The Hall–Kier alpha value is -1.94. The highest BCUT2D eigenvalue weighted by Gasteiger charge is 2.06. The Morgan fingerprint density at radius 2 is 1.68 bits per heavy atom. The standard InChI is InChI=1S/C15H15F2NO/c1-10-6-13(16)4-5-15(10)19-9-11-2-3-14(17)7-12(11)8-18/h2-7H,8-9,18H2,1H3. The molecule has 0 amide bonds. The molecular weight excluding hydrogens is 248 g/mol. The number of halogens is 2. The van der Waals surface area contributed by atoms with Crippen LogP contribution in [0.25, 0.3) is 0 Å². The molecule has 0 aromatic heterocycles. The fourth-order valence-electron chi connectivity index (χ4n) is 1.86. The van der Waals surface area contributed by atoms with E-state index in [1.165, 1.54) is 24.3 Å². The molecule has 2 N–H and O–H groups in total. The molecule has 0 aliphatic heterocycles. The van der Waals surface area contributed by atoms with E-state index >= 15 is 0 Å². The molecule has 0 atom stereocenters. The molecular formula is C15H15F2NO. The summed E-state index contributed by atoms with van der Waals surface area (Å²) in [4.78, 5) is 0. The van der Waals surface area contributed by atoms with Crippen LogP contribution in [0.15, 0.2) is 36.4 Å². The van der Waals surface area contributed by atoms with Gasteiger partial charge in [-0.25, -0.2) is 8.78 Å². The lowest BCUT2D eigenvalue weighted by molar-refractivity contribution is 0.302. The van der Waals surface area contributed by atoms with Crippen molar-refractivity contribution in [2.24, 2.45) is 5.73 Å². The van der Waals surface area contributed by atoms with Gasteiger partial charge >= 0.3 is 0 Å². The highest BCUT2D eigenvalue weighted by molar-refractivity contribution is 5.33. The zero-order valence-electron chi connectivity index (χ0n) is 10.6. The van der Waals surface area contributed by atoms with Crippen molar-refractivity contribution in [2.75, 3.05) is 0 Å². The lowest BCUT2D eigenvalue weighted by atomic mass is 10.1. The van der Waals surface area contributed by atoms with Crippen LogP contribution in [0.2, 0.25) is 0 Å². The molecule has 0 aliphatic rings. The van der Waals surface area contributed by atoms with Gasteiger partial charge < -0.3 is 10.5 Å². The number of ether oxygens (including phenoxy) is 1. The van der Waals surface area contributed by atoms with Crippen LogP contribution < -0.4 is 10.5 Å². The van der Waals surface area contributed by atoms with Gasteiger partial charge in [0.05, 0.1) is 0 Å². The topological polar surface area (TPSA) is 35.2 Å². The first kappa shape index (κ1) is 13.5. The van der Waals surface area contributed by atoms with Gasteiger partial charge in [-0.05, 0) is 53.9 Å². The first-order chi connectivity index (χ1) is 9.10. The fourth-order valence-corrected chi connectivity index (χ4v) is 1.86. The van der Waals surface area contributed by atoms with Crippen LogP contribution in [0.5, 0.6) is 5.75 Å². The molecule has 0 saturated carbocycles. The number of aryl methyl sites for hydroxylation is 1. The number of nitrogens with two attached hydrogens (primary N) is 1. The highest BCUT2D eigenvalue weighted by atomic mass is 19.1. The summed E-state index contributed by atoms with van der Waals surface area (Å²) in [7, 11) is 0. The van der Waals surface area contributed by atoms with Crippen molar-refractivity contribution in [1.29, 1.82) is 0 Å². The van der Waals surface area contributed by atoms with E-state index in [2.05, 4.69) is 0 Å². The van der Waals surface area contributed by atoms with Gasteiger partial charge in [0.2, 0.25) is 0 Å². The molecule has 19 heavy (non-hydrogen) atoms. The second-order valence-corrected chi connectivity index (χ2v) is 4.32. The molecule has 0 saturated heterocycles. The SMILES string of the molecule is Cc1cc(F)ccc1OCc1ccc(F)cc1CN. The monoisotopic (exact) mass is 263 g/mol. The molecule has 0 fully saturated rings. The Morgan fingerprint density at radius 3 is 2.37 bits per heavy atom. The average Bonchev–Trinajstić information content (AvgIpc) is 2.39. The van der Waals surface area contributed by atoms with E-state index in [1.807, 2.05) is 0 Å². The summed E-state index contributed by atoms with van der Waals surface area (Å²) < 4.78 is 31.6. The molecule has 0 radical (unpaired) electrons. The van der Waals surface area contributed by atoms with E-state index in [1.54, 1.807) is 19.1 Å². The first-order valence-corrected chi connectivity index (χ1v) is 5.96. The predicted molar refractivity (Wildman–Crippen MR) is 69.8 cm³/mol. The van der Waals surface area contributed by atoms with Crippen molar-refractivity contribution in [2.45, 2.75) is 20.1 Å². The molecule has 2 aromatic rings. The largest absolute Gasteiger partial charge is 0.489 e. The lowest BCUT2D eigenvalue weighted by Crippen LogP contribution is -2.05. The van der Waals surface area contributed by atoms with Crippen LogP contribution in [0.4, 0.5) is 8.78 Å². The Bertz CT molecular complexity index is 584. The van der Waals surface area contributed by atoms with Crippen molar-refractivity contribution in [1.82, 2.24) is 0 Å². The zero-order chi connectivity index (χ0) is 13.8. The Labute approximate surface area is 110 Å². The van der Waals surface area contributed by atoms with E-state index in [-0.39, 0.29) is 24.8 Å². The van der Waals surface area contributed by atoms with Crippen molar-refractivity contribution in [3.05, 3.63) is 64.7 Å². The summed E-state index contributed by atoms with van der Waals surface area (Å²) >= 11 is 0. The van der Waals surface area contributed by atoms with Gasteiger partial charge in [0.1, 0.15) is 24.0 Å². The van der Waals surface area contributed by atoms with Gasteiger partial charge in [0, 0.05) is 6.54 Å². The van der Waals surface area contributed by atoms with Crippen molar-refractivity contribution < 1.29 is 13.5 Å². The minimum absolute atomic E-state index is 0.249. The number of hydrogen-bond donors (Lipinski definition) is 1. The van der Waals surface area contributed by atoms with Crippen molar-refractivity contribution in [3.63, 3.8) is 0 Å². The maximum Gasteiger partial charge on any atom is 0.123 e. The van der Waals surface area contributed by atoms with Crippen LogP contribution in [0.3, 0.4) is 0 Å². The van der Waals surface area contributed by atoms with Gasteiger partial charge in [0.15, 0.2) is 0 Å². The fraction of sp³-hybridized carbons (Fsp3) is 0.200. The Balaban J connectivity index is 2.14. The molecule has 0 spiro atoms. The normalized spacial score (nSPS) is 10.5. The average molecular weight is 263 g/mol. The molecule has 100 valence electrons. The molecule has 0 bridgehead atoms. The summed E-state index contributed by atoms with van der Waals surface area (Å²) in [5.41, 5.74) is 7.82. The maximum absolute atomic E-state index is 13.1. The van der Waals surface area contributed by atoms with E-state index in [9.17, 15) is 8.78 Å². The smallest absolute Gasteiger partial charge is 0.123 e. The summed E-state index contributed by atoms with van der Waals surface area (Å²) in [6, 6.07) is 8.75. The van der Waals surface area contributed by atoms with Crippen molar-refractivity contribution in [3.8, 4) is 5.75 Å². The molecule has 2 nitrogen and oxygen atoms in total. The van der Waals surface area contributed by atoms with E-state index in [0.29, 0.717) is 11.3 Å². The number of benzene rings is 2. The predicted octanol–water partition coefficient (Wildman–Crippen LogP) is 3.31. The first-order valence-electron chi connectivity index (χ1n) is 5.96. The minimum Gasteiger partial charge on any atom is -0.489 e. The zero-order valence-corrected chi connectivity index (χ0v) is 10.6. The second-order valence-electron chi connectivity index (χ2n) is 4.32. The van der Waals surface area contributed by atoms with E-state index in [0.717, 1.165) is 11.1 Å². The summed E-state index contributed by atoms with van der Waals surface area (Å²) in [6.07, 6.45) is 0. The van der Waals surface area contributed by atoms with Crippen molar-refractivity contribution >= 4 is 0 Å². The third kappa shape index (κ3) is 3.29. The molecule has 2 rings (SSSR count). The Morgan fingerprint density at radius 1 is 1.00 bits per heavy atom. The lowest BCUT2D eigenvalue weighted by Gasteiger charge is -2.12. The van der Waals surface area contributed by atoms with E-state index < -0.39 is 0 Å². The van der Waals surface area contributed by atoms with E-state index in [4.69, 9.17) is 10.5 Å². The molecule has 2 aromatic carbocycles. The van der Waals surface area contributed by atoms with Gasteiger partial charge in [-0.2, -0.15) is 0 Å². The van der Waals surface area contributed by atoms with Gasteiger partial charge in [-0.15, -0.1) is 0 Å². The molecule has 0 aliphatic carbocycles. The minimum atomic E-state index is -0.317. The third-order valence-electron chi connectivity index (χ3n) is 2.91. The molecule has 4 heteroatoms. The number of rotatable bonds is 4. The van der Waals surface area contributed by atoms with Gasteiger partial charge in [0.25, 0.3) is 0 Å². The third-order valence-corrected chi connectivity index (χ3v) is 2.91. The quantitative estimate of drug-likeness (QED) is 0.918. The summed E-state index contributed by atoms with van der Waals surface area (Å²) in [6.45, 7) is 2.30. The summed E-state index contributed by atoms with van der Waals surface area (Å²) in [5, 5.41) is 0. The van der Waals surface area contributed by atoms with Gasteiger partial charge in [-0.3, -0.25) is 0 Å². The van der Waals surface area contributed by atoms with Gasteiger partial charge in [-0.1, -0.05) is 6.07 Å². The molecule has 0 heterocycles. The highest BCUT2D eigenvalue weighted by Crippen LogP contribution is 2.21.